The molecule has 2 heterocycles. The van der Waals surface area contributed by atoms with Gasteiger partial charge in [-0.25, -0.2) is 0 Å². The van der Waals surface area contributed by atoms with Gasteiger partial charge in [0.15, 0.2) is 0 Å². The smallest absolute Gasteiger partial charge is 0.237 e. The van der Waals surface area contributed by atoms with Crippen LogP contribution in [-0.4, -0.2) is 80.1 Å². The Hall–Kier alpha value is -1.79. The van der Waals surface area contributed by atoms with Crippen molar-refractivity contribution in [1.82, 2.24) is 14.7 Å². The normalized spacial score (nSPS) is 24.2. The summed E-state index contributed by atoms with van der Waals surface area (Å²) in [5.41, 5.74) is 1.09. The summed E-state index contributed by atoms with van der Waals surface area (Å²) in [6.45, 7) is 5.59. The Bertz CT molecular complexity index is 697. The Kier molecular flexibility index (Phi) is 6.60. The van der Waals surface area contributed by atoms with Crippen molar-refractivity contribution in [3.05, 3.63) is 23.8 Å². The molecule has 29 heavy (non-hydrogen) atoms. The van der Waals surface area contributed by atoms with Crippen LogP contribution in [0.5, 0.6) is 11.5 Å². The highest BCUT2D eigenvalue weighted by atomic mass is 16.5. The molecule has 1 unspecified atom stereocenters. The van der Waals surface area contributed by atoms with Crippen molar-refractivity contribution >= 4 is 5.91 Å². The molecule has 2 aliphatic heterocycles. The van der Waals surface area contributed by atoms with Crippen molar-refractivity contribution in [1.29, 1.82) is 0 Å². The first kappa shape index (κ1) is 20.5. The van der Waals surface area contributed by atoms with E-state index in [1.807, 2.05) is 18.2 Å². The van der Waals surface area contributed by atoms with Crippen LogP contribution in [-0.2, 0) is 4.79 Å². The van der Waals surface area contributed by atoms with Crippen molar-refractivity contribution < 1.29 is 14.3 Å². The molecule has 0 radical (unpaired) electrons. The van der Waals surface area contributed by atoms with E-state index >= 15 is 0 Å². The number of benzene rings is 1. The number of hydrogen-bond acceptors (Lipinski definition) is 5. The van der Waals surface area contributed by atoms with Gasteiger partial charge in [-0.15, -0.1) is 0 Å². The average molecular weight is 402 g/mol. The number of nitrogens with zero attached hydrogens (tertiary/aromatic N) is 3. The van der Waals surface area contributed by atoms with Crippen LogP contribution in [0, 0.1) is 0 Å². The number of likely N-dealkylation sites (tertiary alicyclic amines) is 1. The lowest BCUT2D eigenvalue weighted by atomic mass is 10.0. The summed E-state index contributed by atoms with van der Waals surface area (Å²) in [5, 5.41) is 0. The minimum atomic E-state index is 0.100. The molecule has 1 aromatic carbocycles. The van der Waals surface area contributed by atoms with Gasteiger partial charge in [0.25, 0.3) is 0 Å². The molecule has 2 saturated heterocycles. The fourth-order valence-corrected chi connectivity index (χ4v) is 5.32. The third-order valence-corrected chi connectivity index (χ3v) is 6.98. The molecule has 1 aromatic rings. The Balaban J connectivity index is 1.36. The monoisotopic (exact) mass is 401 g/mol. The van der Waals surface area contributed by atoms with Crippen LogP contribution in [0.4, 0.5) is 0 Å². The zero-order valence-corrected chi connectivity index (χ0v) is 17.9. The van der Waals surface area contributed by atoms with Crippen molar-refractivity contribution in [2.75, 3.05) is 53.5 Å². The average Bonchev–Trinajstić information content (AvgIpc) is 3.46. The van der Waals surface area contributed by atoms with Gasteiger partial charge in [-0.05, 0) is 37.8 Å². The number of carbonyl (C=O) groups is 1. The maximum Gasteiger partial charge on any atom is 0.237 e. The molecule has 6 heteroatoms. The molecular weight excluding hydrogens is 366 g/mol. The van der Waals surface area contributed by atoms with Gasteiger partial charge >= 0.3 is 0 Å². The molecule has 1 amide bonds. The molecule has 1 aliphatic carbocycles. The van der Waals surface area contributed by atoms with Crippen molar-refractivity contribution in [3.8, 4) is 11.5 Å². The Morgan fingerprint density at radius 3 is 2.41 bits per heavy atom. The van der Waals surface area contributed by atoms with Crippen molar-refractivity contribution in [2.45, 2.75) is 50.6 Å². The fourth-order valence-electron chi connectivity index (χ4n) is 5.32. The number of rotatable bonds is 6. The van der Waals surface area contributed by atoms with E-state index < -0.39 is 0 Å². The first-order valence-corrected chi connectivity index (χ1v) is 11.2. The second kappa shape index (κ2) is 9.35. The maximum absolute atomic E-state index is 13.2. The molecule has 0 bridgehead atoms. The standard InChI is InChI=1S/C23H35N3O3/c1-28-19-9-10-20(22(16-19)29-2)21-8-5-11-26(21)23(27)17-24-12-14-25(15-13-24)18-6-3-4-7-18/h9-10,16,18,21H,3-8,11-15,17H2,1-2H3. The number of carbonyl (C=O) groups excluding carboxylic acids is 1. The SMILES string of the molecule is COc1ccc(C2CCCN2C(=O)CN2CCN(C3CCCC3)CC2)c(OC)c1. The predicted molar refractivity (Wildman–Crippen MR) is 114 cm³/mol. The zero-order valence-electron chi connectivity index (χ0n) is 17.9. The molecule has 3 fully saturated rings. The highest BCUT2D eigenvalue weighted by Gasteiger charge is 2.33. The van der Waals surface area contributed by atoms with E-state index in [0.29, 0.717) is 6.54 Å². The van der Waals surface area contributed by atoms with Gasteiger partial charge in [-0.1, -0.05) is 12.8 Å². The highest BCUT2D eigenvalue weighted by molar-refractivity contribution is 5.79. The molecule has 6 nitrogen and oxygen atoms in total. The quantitative estimate of drug-likeness (QED) is 0.733. The van der Waals surface area contributed by atoms with E-state index in [9.17, 15) is 4.79 Å². The van der Waals surface area contributed by atoms with E-state index in [4.69, 9.17) is 9.47 Å². The summed E-state index contributed by atoms with van der Waals surface area (Å²) in [7, 11) is 3.34. The molecule has 160 valence electrons. The Morgan fingerprint density at radius 2 is 1.72 bits per heavy atom. The second-order valence-corrected chi connectivity index (χ2v) is 8.60. The minimum absolute atomic E-state index is 0.100. The number of amides is 1. The van der Waals surface area contributed by atoms with Crippen LogP contribution >= 0.6 is 0 Å². The molecule has 1 atom stereocenters. The molecule has 0 spiro atoms. The van der Waals surface area contributed by atoms with Crippen LogP contribution in [0.25, 0.3) is 0 Å². The van der Waals surface area contributed by atoms with Gasteiger partial charge in [0.2, 0.25) is 5.91 Å². The summed E-state index contributed by atoms with van der Waals surface area (Å²) in [6.07, 6.45) is 7.52. The van der Waals surface area contributed by atoms with E-state index in [1.165, 1.54) is 25.7 Å². The lowest BCUT2D eigenvalue weighted by Gasteiger charge is -2.38. The molecule has 0 aromatic heterocycles. The van der Waals surface area contributed by atoms with Crippen LogP contribution in [0.2, 0.25) is 0 Å². The van der Waals surface area contributed by atoms with Crippen LogP contribution in [0.3, 0.4) is 0 Å². The van der Waals surface area contributed by atoms with E-state index in [-0.39, 0.29) is 11.9 Å². The predicted octanol–water partition coefficient (Wildman–Crippen LogP) is 2.93. The zero-order chi connectivity index (χ0) is 20.2. The molecule has 0 N–H and O–H groups in total. The van der Waals surface area contributed by atoms with Crippen molar-refractivity contribution in [3.63, 3.8) is 0 Å². The van der Waals surface area contributed by atoms with Crippen LogP contribution in [0.15, 0.2) is 18.2 Å². The van der Waals surface area contributed by atoms with Crippen molar-refractivity contribution in [2.24, 2.45) is 0 Å². The molecule has 3 aliphatic rings. The van der Waals surface area contributed by atoms with Crippen LogP contribution in [0.1, 0.15) is 50.1 Å². The first-order chi connectivity index (χ1) is 14.2. The number of hydrogen-bond donors (Lipinski definition) is 0. The summed E-state index contributed by atoms with van der Waals surface area (Å²) in [4.78, 5) is 20.2. The first-order valence-electron chi connectivity index (χ1n) is 11.2. The van der Waals surface area contributed by atoms with E-state index in [0.717, 1.165) is 68.7 Å². The van der Waals surface area contributed by atoms with Gasteiger partial charge < -0.3 is 14.4 Å². The number of ether oxygens (including phenoxy) is 2. The fraction of sp³-hybridized carbons (Fsp3) is 0.696. The molecule has 1 saturated carbocycles. The number of piperazine rings is 1. The summed E-state index contributed by atoms with van der Waals surface area (Å²) in [5.74, 6) is 1.83. The number of methoxy groups -OCH3 is 2. The topological polar surface area (TPSA) is 45.2 Å². The second-order valence-electron chi connectivity index (χ2n) is 8.60. The van der Waals surface area contributed by atoms with E-state index in [2.05, 4.69) is 14.7 Å². The van der Waals surface area contributed by atoms with Gasteiger partial charge in [0, 0.05) is 50.4 Å². The lowest BCUT2D eigenvalue weighted by molar-refractivity contribution is -0.133. The van der Waals surface area contributed by atoms with Gasteiger partial charge in [0.05, 0.1) is 26.8 Å². The maximum atomic E-state index is 13.2. The largest absolute Gasteiger partial charge is 0.497 e. The highest BCUT2D eigenvalue weighted by Crippen LogP contribution is 2.38. The third-order valence-electron chi connectivity index (χ3n) is 6.98. The minimum Gasteiger partial charge on any atom is -0.497 e. The summed E-state index contributed by atoms with van der Waals surface area (Å²) < 4.78 is 10.9. The van der Waals surface area contributed by atoms with Gasteiger partial charge in [-0.3, -0.25) is 14.6 Å². The van der Waals surface area contributed by atoms with Gasteiger partial charge in [0.1, 0.15) is 11.5 Å². The summed E-state index contributed by atoms with van der Waals surface area (Å²) >= 11 is 0. The Morgan fingerprint density at radius 1 is 0.966 bits per heavy atom. The molecule has 4 rings (SSSR count). The van der Waals surface area contributed by atoms with Crippen LogP contribution < -0.4 is 9.47 Å². The lowest BCUT2D eigenvalue weighted by Crippen LogP contribution is -2.52. The Labute approximate surface area is 174 Å². The third kappa shape index (κ3) is 4.53. The summed E-state index contributed by atoms with van der Waals surface area (Å²) in [6, 6.07) is 6.81. The van der Waals surface area contributed by atoms with E-state index in [1.54, 1.807) is 14.2 Å². The molecular formula is C23H35N3O3. The van der Waals surface area contributed by atoms with Gasteiger partial charge in [-0.2, -0.15) is 0 Å².